The van der Waals surface area contributed by atoms with Gasteiger partial charge in [-0.05, 0) is 30.3 Å². The molecule has 0 bridgehead atoms. The Kier molecular flexibility index (Phi) is 3.82. The number of carbonyl (C=O) groups excluding carboxylic acids is 1. The zero-order valence-corrected chi connectivity index (χ0v) is 13.9. The van der Waals surface area contributed by atoms with Crippen LogP contribution in [0.4, 0.5) is 5.69 Å². The van der Waals surface area contributed by atoms with E-state index in [1.165, 1.54) is 17.5 Å². The number of hydrogen-bond acceptors (Lipinski definition) is 7. The number of nitrogens with one attached hydrogen (secondary N) is 1. The summed E-state index contributed by atoms with van der Waals surface area (Å²) in [5.41, 5.74) is 1.87. The van der Waals surface area contributed by atoms with Crippen molar-refractivity contribution in [3.63, 3.8) is 0 Å². The highest BCUT2D eigenvalue weighted by atomic mass is 32.1. The molecule has 0 atom stereocenters. The van der Waals surface area contributed by atoms with E-state index in [0.29, 0.717) is 22.0 Å². The minimum atomic E-state index is -0.262. The van der Waals surface area contributed by atoms with E-state index in [4.69, 9.17) is 4.74 Å². The van der Waals surface area contributed by atoms with Crippen LogP contribution >= 0.6 is 11.3 Å². The molecule has 0 aliphatic heterocycles. The first kappa shape index (κ1) is 15.2. The number of rotatable bonds is 4. The average Bonchev–Trinajstić information content (AvgIpc) is 3.24. The number of aromatic nitrogens is 5. The van der Waals surface area contributed by atoms with Gasteiger partial charge in [-0.15, -0.1) is 10.2 Å². The van der Waals surface area contributed by atoms with Crippen molar-refractivity contribution in [1.82, 2.24) is 24.8 Å². The number of nitrogens with zero attached hydrogens (tertiary/aromatic N) is 5. The maximum Gasteiger partial charge on any atom is 0.257 e. The Bertz CT molecular complexity index is 1010. The third kappa shape index (κ3) is 2.92. The lowest BCUT2D eigenvalue weighted by atomic mass is 10.2. The maximum atomic E-state index is 12.4. The molecule has 25 heavy (non-hydrogen) atoms. The van der Waals surface area contributed by atoms with Crippen LogP contribution in [-0.2, 0) is 0 Å². The SMILES string of the molecule is COc1ccc(-c2nn3cnnc3s2)cc1NC(=O)c1cccnc1. The zero-order chi connectivity index (χ0) is 17.2. The third-order valence-electron chi connectivity index (χ3n) is 3.51. The number of carbonyl (C=O) groups is 1. The van der Waals surface area contributed by atoms with E-state index in [1.807, 2.05) is 12.1 Å². The van der Waals surface area contributed by atoms with Gasteiger partial charge in [-0.3, -0.25) is 9.78 Å². The minimum absolute atomic E-state index is 0.262. The van der Waals surface area contributed by atoms with Crippen LogP contribution in [-0.4, -0.2) is 37.8 Å². The Morgan fingerprint density at radius 3 is 3.00 bits per heavy atom. The molecule has 1 N–H and O–H groups in total. The number of methoxy groups -OCH3 is 1. The van der Waals surface area contributed by atoms with Crippen LogP contribution in [0.2, 0.25) is 0 Å². The van der Waals surface area contributed by atoms with E-state index in [1.54, 1.807) is 42.3 Å². The molecule has 8 nitrogen and oxygen atoms in total. The molecule has 3 heterocycles. The Labute approximate surface area is 146 Å². The zero-order valence-electron chi connectivity index (χ0n) is 13.1. The highest BCUT2D eigenvalue weighted by Gasteiger charge is 2.14. The Morgan fingerprint density at radius 2 is 2.24 bits per heavy atom. The van der Waals surface area contributed by atoms with Crippen molar-refractivity contribution in [3.05, 3.63) is 54.6 Å². The molecule has 0 saturated carbocycles. The van der Waals surface area contributed by atoms with Gasteiger partial charge in [0.1, 0.15) is 17.1 Å². The Balaban J connectivity index is 1.68. The van der Waals surface area contributed by atoms with Crippen LogP contribution in [0.5, 0.6) is 5.75 Å². The van der Waals surface area contributed by atoms with Crippen molar-refractivity contribution in [3.8, 4) is 16.3 Å². The van der Waals surface area contributed by atoms with Crippen molar-refractivity contribution in [1.29, 1.82) is 0 Å². The number of pyridine rings is 1. The second-order valence-electron chi connectivity index (χ2n) is 5.08. The van der Waals surface area contributed by atoms with Gasteiger partial charge in [0.05, 0.1) is 18.4 Å². The molecular weight excluding hydrogens is 340 g/mol. The van der Waals surface area contributed by atoms with Crippen LogP contribution in [0.15, 0.2) is 49.1 Å². The summed E-state index contributed by atoms with van der Waals surface area (Å²) in [6.45, 7) is 0. The Morgan fingerprint density at radius 1 is 1.32 bits per heavy atom. The van der Waals surface area contributed by atoms with Gasteiger partial charge in [-0.25, -0.2) is 0 Å². The first-order valence-corrected chi connectivity index (χ1v) is 8.13. The van der Waals surface area contributed by atoms with Crippen LogP contribution < -0.4 is 10.1 Å². The fourth-order valence-electron chi connectivity index (χ4n) is 2.31. The lowest BCUT2D eigenvalue weighted by molar-refractivity contribution is 0.102. The van der Waals surface area contributed by atoms with Gasteiger partial charge in [0.15, 0.2) is 0 Å². The van der Waals surface area contributed by atoms with Crippen molar-refractivity contribution in [2.24, 2.45) is 0 Å². The molecule has 1 amide bonds. The number of fused-ring (bicyclic) bond motifs is 1. The highest BCUT2D eigenvalue weighted by Crippen LogP contribution is 2.32. The summed E-state index contributed by atoms with van der Waals surface area (Å²) in [6.07, 6.45) is 4.67. The van der Waals surface area contributed by atoms with Crippen molar-refractivity contribution in [2.75, 3.05) is 12.4 Å². The van der Waals surface area contributed by atoms with E-state index in [2.05, 4.69) is 25.6 Å². The van der Waals surface area contributed by atoms with Gasteiger partial charge >= 0.3 is 0 Å². The maximum absolute atomic E-state index is 12.4. The predicted molar refractivity (Wildman–Crippen MR) is 92.8 cm³/mol. The van der Waals surface area contributed by atoms with Crippen molar-refractivity contribution >= 4 is 27.9 Å². The second-order valence-corrected chi connectivity index (χ2v) is 6.03. The molecule has 1 aromatic carbocycles. The van der Waals surface area contributed by atoms with Gasteiger partial charge in [0, 0.05) is 18.0 Å². The first-order chi connectivity index (χ1) is 12.2. The van der Waals surface area contributed by atoms with E-state index in [-0.39, 0.29) is 5.91 Å². The van der Waals surface area contributed by atoms with E-state index in [9.17, 15) is 4.79 Å². The summed E-state index contributed by atoms with van der Waals surface area (Å²) in [4.78, 5) is 17.0. The predicted octanol–water partition coefficient (Wildman–Crippen LogP) is 2.51. The number of hydrogen-bond donors (Lipinski definition) is 1. The molecule has 4 rings (SSSR count). The monoisotopic (exact) mass is 352 g/mol. The number of amides is 1. The molecule has 0 saturated heterocycles. The molecule has 9 heteroatoms. The molecule has 124 valence electrons. The molecule has 0 spiro atoms. The molecule has 0 fully saturated rings. The van der Waals surface area contributed by atoms with Crippen LogP contribution in [0.3, 0.4) is 0 Å². The van der Waals surface area contributed by atoms with Crippen LogP contribution in [0.25, 0.3) is 15.5 Å². The molecular formula is C16H12N6O2S. The summed E-state index contributed by atoms with van der Waals surface area (Å²) < 4.78 is 6.95. The van der Waals surface area contributed by atoms with Gasteiger partial charge in [-0.1, -0.05) is 11.3 Å². The fourth-order valence-corrected chi connectivity index (χ4v) is 3.12. The normalized spacial score (nSPS) is 10.8. The molecule has 0 aliphatic carbocycles. The lowest BCUT2D eigenvalue weighted by Crippen LogP contribution is -2.12. The lowest BCUT2D eigenvalue weighted by Gasteiger charge is -2.11. The number of anilines is 1. The minimum Gasteiger partial charge on any atom is -0.495 e. The van der Waals surface area contributed by atoms with E-state index >= 15 is 0 Å². The Hall–Kier alpha value is -3.33. The summed E-state index contributed by atoms with van der Waals surface area (Å²) >= 11 is 1.41. The molecule has 4 aromatic rings. The van der Waals surface area contributed by atoms with Crippen molar-refractivity contribution in [2.45, 2.75) is 0 Å². The van der Waals surface area contributed by atoms with E-state index in [0.717, 1.165) is 10.6 Å². The standard InChI is InChI=1S/C16H12N6O2S/c1-24-13-5-4-10(15-21-22-9-18-20-16(22)25-15)7-12(13)19-14(23)11-3-2-6-17-8-11/h2-9H,1H3,(H,19,23). The smallest absolute Gasteiger partial charge is 0.257 e. The van der Waals surface area contributed by atoms with Crippen molar-refractivity contribution < 1.29 is 9.53 Å². The van der Waals surface area contributed by atoms with Gasteiger partial charge < -0.3 is 10.1 Å². The molecule has 0 unspecified atom stereocenters. The quantitative estimate of drug-likeness (QED) is 0.606. The number of benzene rings is 1. The topological polar surface area (TPSA) is 94.3 Å². The number of ether oxygens (including phenoxy) is 1. The first-order valence-electron chi connectivity index (χ1n) is 7.31. The summed E-state index contributed by atoms with van der Waals surface area (Å²) in [5, 5.41) is 15.8. The molecule has 0 aliphatic rings. The largest absolute Gasteiger partial charge is 0.495 e. The third-order valence-corrected chi connectivity index (χ3v) is 4.47. The van der Waals surface area contributed by atoms with Crippen LogP contribution in [0, 0.1) is 0 Å². The molecule has 0 radical (unpaired) electrons. The van der Waals surface area contributed by atoms with E-state index < -0.39 is 0 Å². The molecule has 3 aromatic heterocycles. The van der Waals surface area contributed by atoms with Gasteiger partial charge in [-0.2, -0.15) is 9.61 Å². The average molecular weight is 352 g/mol. The summed E-state index contributed by atoms with van der Waals surface area (Å²) in [7, 11) is 1.55. The van der Waals surface area contributed by atoms with Gasteiger partial charge in [0.2, 0.25) is 4.96 Å². The summed E-state index contributed by atoms with van der Waals surface area (Å²) in [6, 6.07) is 8.89. The second kappa shape index (κ2) is 6.29. The van der Waals surface area contributed by atoms with Crippen LogP contribution in [0.1, 0.15) is 10.4 Å². The fraction of sp³-hybridized carbons (Fsp3) is 0.0625. The highest BCUT2D eigenvalue weighted by molar-refractivity contribution is 7.19. The van der Waals surface area contributed by atoms with Gasteiger partial charge in [0.25, 0.3) is 5.91 Å². The summed E-state index contributed by atoms with van der Waals surface area (Å²) in [5.74, 6) is 0.297.